The van der Waals surface area contributed by atoms with Crippen LogP contribution in [0, 0.1) is 17.1 Å². The number of hydrogen-bond acceptors (Lipinski definition) is 5. The fourth-order valence-electron chi connectivity index (χ4n) is 2.45. The van der Waals surface area contributed by atoms with E-state index in [1.165, 1.54) is 37.5 Å². The van der Waals surface area contributed by atoms with Gasteiger partial charge in [-0.15, -0.1) is 0 Å². The molecule has 1 heterocycles. The third-order valence-corrected chi connectivity index (χ3v) is 4.19. The van der Waals surface area contributed by atoms with E-state index in [2.05, 4.69) is 15.9 Å². The molecule has 140 valence electrons. The molecule has 3 aromatic rings. The Labute approximate surface area is 168 Å². The van der Waals surface area contributed by atoms with E-state index < -0.39 is 11.8 Å². The number of rotatable bonds is 5. The number of ether oxygens (including phenoxy) is 2. The Bertz CT molecular complexity index is 1100. The molecule has 2 aromatic carbocycles. The second-order valence-electron chi connectivity index (χ2n) is 5.55. The van der Waals surface area contributed by atoms with Crippen LogP contribution in [0.4, 0.5) is 4.39 Å². The van der Waals surface area contributed by atoms with Crippen LogP contribution in [0.3, 0.4) is 0 Å². The molecule has 0 aliphatic carbocycles. The van der Waals surface area contributed by atoms with Crippen molar-refractivity contribution in [2.45, 2.75) is 0 Å². The van der Waals surface area contributed by atoms with Crippen molar-refractivity contribution in [3.05, 3.63) is 82.0 Å². The number of halogens is 2. The number of carbonyl (C=O) groups is 1. The summed E-state index contributed by atoms with van der Waals surface area (Å²) in [5.74, 6) is -0.682. The summed E-state index contributed by atoms with van der Waals surface area (Å²) in [6.07, 6.45) is 1.52. The quantitative estimate of drug-likeness (QED) is 0.227. The second-order valence-corrected chi connectivity index (χ2v) is 6.33. The molecule has 0 N–H and O–H groups in total. The predicted octanol–water partition coefficient (Wildman–Crippen LogP) is 5.47. The molecule has 0 aliphatic rings. The minimum absolute atomic E-state index is 0.0317. The van der Waals surface area contributed by atoms with Crippen LogP contribution in [0.15, 0.2) is 63.7 Å². The molecule has 0 radical (unpaired) electrons. The monoisotopic (exact) mass is 441 g/mol. The molecule has 7 heteroatoms. The van der Waals surface area contributed by atoms with E-state index in [9.17, 15) is 14.4 Å². The summed E-state index contributed by atoms with van der Waals surface area (Å²) in [4.78, 5) is 12.1. The number of nitriles is 1. The maximum absolute atomic E-state index is 14.0. The largest absolute Gasteiger partial charge is 0.493 e. The summed E-state index contributed by atoms with van der Waals surface area (Å²) in [7, 11) is 1.42. The first-order valence-corrected chi connectivity index (χ1v) is 8.83. The lowest BCUT2D eigenvalue weighted by Crippen LogP contribution is -2.08. The highest BCUT2D eigenvalue weighted by atomic mass is 79.9. The zero-order valence-electron chi connectivity index (χ0n) is 14.6. The van der Waals surface area contributed by atoms with Gasteiger partial charge in [-0.05, 0) is 57.9 Å². The van der Waals surface area contributed by atoms with E-state index in [-0.39, 0.29) is 28.4 Å². The van der Waals surface area contributed by atoms with Crippen molar-refractivity contribution in [3.63, 3.8) is 0 Å². The molecule has 0 bridgehead atoms. The zero-order valence-corrected chi connectivity index (χ0v) is 16.2. The summed E-state index contributed by atoms with van der Waals surface area (Å²) >= 11 is 3.12. The Balaban J connectivity index is 1.89. The summed E-state index contributed by atoms with van der Waals surface area (Å²) in [5.41, 5.74) is 0.936. The molecule has 28 heavy (non-hydrogen) atoms. The molecular formula is C21H13BrFNO4. The second kappa shape index (κ2) is 8.55. The van der Waals surface area contributed by atoms with Gasteiger partial charge in [0.25, 0.3) is 0 Å². The highest BCUT2D eigenvalue weighted by molar-refractivity contribution is 9.10. The maximum Gasteiger partial charge on any atom is 0.379 e. The van der Waals surface area contributed by atoms with Gasteiger partial charge in [0.1, 0.15) is 5.82 Å². The average Bonchev–Trinajstić information content (AvgIpc) is 3.14. The molecule has 0 fully saturated rings. The van der Waals surface area contributed by atoms with Gasteiger partial charge in [-0.25, -0.2) is 9.18 Å². The predicted molar refractivity (Wildman–Crippen MR) is 104 cm³/mol. The van der Waals surface area contributed by atoms with Crippen LogP contribution in [0.2, 0.25) is 0 Å². The third kappa shape index (κ3) is 4.30. The lowest BCUT2D eigenvalue weighted by atomic mass is 10.0. The fraction of sp³-hybridized carbons (Fsp3) is 0.0476. The lowest BCUT2D eigenvalue weighted by molar-refractivity contribution is 0.0695. The van der Waals surface area contributed by atoms with Crippen LogP contribution in [0.1, 0.15) is 21.7 Å². The number of allylic oxidation sites excluding steroid dienone is 1. The number of methoxy groups -OCH3 is 1. The minimum atomic E-state index is -0.684. The number of esters is 1. The van der Waals surface area contributed by atoms with Gasteiger partial charge in [-0.2, -0.15) is 5.26 Å². The van der Waals surface area contributed by atoms with Crippen molar-refractivity contribution in [3.8, 4) is 17.6 Å². The van der Waals surface area contributed by atoms with Crippen molar-refractivity contribution in [2.75, 3.05) is 7.11 Å². The molecule has 5 nitrogen and oxygen atoms in total. The molecule has 0 saturated heterocycles. The number of carbonyl (C=O) groups excluding carboxylic acids is 1. The molecule has 0 aliphatic heterocycles. The Kier molecular flexibility index (Phi) is 5.92. The van der Waals surface area contributed by atoms with Crippen molar-refractivity contribution >= 4 is 33.5 Å². The summed E-state index contributed by atoms with van der Waals surface area (Å²) in [6.45, 7) is 0. The normalized spacial score (nSPS) is 11.0. The van der Waals surface area contributed by atoms with Crippen LogP contribution >= 0.6 is 15.9 Å². The highest BCUT2D eigenvalue weighted by Crippen LogP contribution is 2.31. The summed E-state index contributed by atoms with van der Waals surface area (Å²) in [6, 6.07) is 15.8. The Hall–Kier alpha value is -3.37. The van der Waals surface area contributed by atoms with E-state index in [1.807, 2.05) is 6.07 Å². The average molecular weight is 442 g/mol. The van der Waals surface area contributed by atoms with Gasteiger partial charge in [0.2, 0.25) is 5.76 Å². The standard InChI is InChI=1S/C21H13BrFNO4/c1-26-19-11-13(10-14(12-24)15-4-2-3-5-16(15)23)6-7-17(19)28-21(25)18-8-9-20(22)27-18/h2-11H,1H3/b14-10-. The van der Waals surface area contributed by atoms with Crippen molar-refractivity contribution in [1.82, 2.24) is 0 Å². The zero-order chi connectivity index (χ0) is 20.1. The summed E-state index contributed by atoms with van der Waals surface area (Å²) < 4.78 is 30.1. The summed E-state index contributed by atoms with van der Waals surface area (Å²) in [5, 5.41) is 9.39. The molecular weight excluding hydrogens is 429 g/mol. The Morgan fingerprint density at radius 1 is 1.18 bits per heavy atom. The SMILES string of the molecule is COc1cc(/C=C(/C#N)c2ccccc2F)ccc1OC(=O)c1ccc(Br)o1. The molecule has 0 amide bonds. The van der Waals surface area contributed by atoms with Crippen molar-refractivity contribution in [2.24, 2.45) is 0 Å². The molecule has 1 aromatic heterocycles. The molecule has 0 spiro atoms. The molecule has 0 atom stereocenters. The number of benzene rings is 2. The van der Waals surface area contributed by atoms with Gasteiger partial charge >= 0.3 is 5.97 Å². The maximum atomic E-state index is 14.0. The molecule has 0 unspecified atom stereocenters. The fourth-order valence-corrected chi connectivity index (χ4v) is 2.76. The minimum Gasteiger partial charge on any atom is -0.493 e. The van der Waals surface area contributed by atoms with Crippen LogP contribution in [0.25, 0.3) is 11.6 Å². The van der Waals surface area contributed by atoms with E-state index in [1.54, 1.807) is 30.3 Å². The first-order valence-electron chi connectivity index (χ1n) is 8.04. The molecule has 3 rings (SSSR count). The Morgan fingerprint density at radius 2 is 1.96 bits per heavy atom. The van der Waals surface area contributed by atoms with E-state index >= 15 is 0 Å². The number of nitrogens with zero attached hydrogens (tertiary/aromatic N) is 1. The lowest BCUT2D eigenvalue weighted by Gasteiger charge is -2.09. The van der Waals surface area contributed by atoms with Gasteiger partial charge in [0.15, 0.2) is 16.2 Å². The van der Waals surface area contributed by atoms with Crippen LogP contribution in [-0.4, -0.2) is 13.1 Å². The molecule has 0 saturated carbocycles. The van der Waals surface area contributed by atoms with Gasteiger partial charge in [0, 0.05) is 5.56 Å². The van der Waals surface area contributed by atoms with Gasteiger partial charge in [-0.1, -0.05) is 24.3 Å². The smallest absolute Gasteiger partial charge is 0.379 e. The van der Waals surface area contributed by atoms with Gasteiger partial charge in [0.05, 0.1) is 18.8 Å². The first kappa shape index (κ1) is 19.4. The van der Waals surface area contributed by atoms with E-state index in [0.29, 0.717) is 10.2 Å². The highest BCUT2D eigenvalue weighted by Gasteiger charge is 2.16. The van der Waals surface area contributed by atoms with E-state index in [0.717, 1.165) is 0 Å². The third-order valence-electron chi connectivity index (χ3n) is 3.76. The Morgan fingerprint density at radius 3 is 2.61 bits per heavy atom. The van der Waals surface area contributed by atoms with E-state index in [4.69, 9.17) is 13.9 Å². The van der Waals surface area contributed by atoms with Gasteiger partial charge in [-0.3, -0.25) is 0 Å². The van der Waals surface area contributed by atoms with Crippen molar-refractivity contribution in [1.29, 1.82) is 5.26 Å². The van der Waals surface area contributed by atoms with Crippen LogP contribution in [0.5, 0.6) is 11.5 Å². The first-order chi connectivity index (χ1) is 13.5. The number of furan rings is 1. The van der Waals surface area contributed by atoms with Crippen LogP contribution in [-0.2, 0) is 0 Å². The topological polar surface area (TPSA) is 72.5 Å². The number of hydrogen-bond donors (Lipinski definition) is 0. The van der Waals surface area contributed by atoms with Crippen LogP contribution < -0.4 is 9.47 Å². The van der Waals surface area contributed by atoms with Gasteiger partial charge < -0.3 is 13.9 Å². The van der Waals surface area contributed by atoms with Crippen molar-refractivity contribution < 1.29 is 23.1 Å².